The highest BCUT2D eigenvalue weighted by Crippen LogP contribution is 2.09. The number of aliphatic hydroxyl groups is 1. The Morgan fingerprint density at radius 3 is 2.40 bits per heavy atom. The molecule has 3 nitrogen and oxygen atoms in total. The molecule has 0 aromatic heterocycles. The molecule has 0 aliphatic heterocycles. The van der Waals surface area contributed by atoms with Gasteiger partial charge in [-0.1, -0.05) is 48.5 Å². The molecule has 0 heterocycles. The standard InChI is InChI=1S/C17H19NO2/c19-13-11-15-8-4-5-9-16(15)17(20)18-12-10-14-6-2-1-3-7-14/h1-9,19H,10-13H2,(H,18,20). The van der Waals surface area contributed by atoms with Gasteiger partial charge in [0.2, 0.25) is 0 Å². The minimum Gasteiger partial charge on any atom is -0.396 e. The van der Waals surface area contributed by atoms with Crippen molar-refractivity contribution < 1.29 is 9.90 Å². The number of aliphatic hydroxyl groups excluding tert-OH is 1. The molecule has 0 unspecified atom stereocenters. The lowest BCUT2D eigenvalue weighted by molar-refractivity contribution is 0.0953. The van der Waals surface area contributed by atoms with Crippen LogP contribution in [-0.4, -0.2) is 24.2 Å². The van der Waals surface area contributed by atoms with E-state index < -0.39 is 0 Å². The van der Waals surface area contributed by atoms with Crippen LogP contribution < -0.4 is 5.32 Å². The maximum atomic E-state index is 12.1. The number of benzene rings is 2. The summed E-state index contributed by atoms with van der Waals surface area (Å²) in [5.41, 5.74) is 2.73. The van der Waals surface area contributed by atoms with E-state index in [2.05, 4.69) is 5.32 Å². The van der Waals surface area contributed by atoms with E-state index in [1.807, 2.05) is 48.5 Å². The Labute approximate surface area is 119 Å². The van der Waals surface area contributed by atoms with E-state index in [9.17, 15) is 4.79 Å². The first-order chi connectivity index (χ1) is 9.81. The summed E-state index contributed by atoms with van der Waals surface area (Å²) < 4.78 is 0. The smallest absolute Gasteiger partial charge is 0.251 e. The summed E-state index contributed by atoms with van der Waals surface area (Å²) in [6.07, 6.45) is 1.32. The molecule has 2 rings (SSSR count). The number of nitrogens with one attached hydrogen (secondary N) is 1. The van der Waals surface area contributed by atoms with Crippen molar-refractivity contribution in [3.63, 3.8) is 0 Å². The summed E-state index contributed by atoms with van der Waals surface area (Å²) in [5.74, 6) is -0.0787. The molecule has 0 saturated carbocycles. The lowest BCUT2D eigenvalue weighted by atomic mass is 10.0. The van der Waals surface area contributed by atoms with Gasteiger partial charge in [0.15, 0.2) is 0 Å². The van der Waals surface area contributed by atoms with Crippen molar-refractivity contribution in [2.24, 2.45) is 0 Å². The van der Waals surface area contributed by atoms with E-state index in [1.54, 1.807) is 6.07 Å². The zero-order valence-electron chi connectivity index (χ0n) is 11.4. The Bertz CT molecular complexity index is 552. The molecule has 0 aliphatic carbocycles. The summed E-state index contributed by atoms with van der Waals surface area (Å²) >= 11 is 0. The highest BCUT2D eigenvalue weighted by atomic mass is 16.3. The minimum absolute atomic E-state index is 0.0499. The maximum absolute atomic E-state index is 12.1. The normalized spacial score (nSPS) is 10.2. The Morgan fingerprint density at radius 1 is 0.950 bits per heavy atom. The lowest BCUT2D eigenvalue weighted by Gasteiger charge is -2.09. The van der Waals surface area contributed by atoms with E-state index in [4.69, 9.17) is 5.11 Å². The molecule has 104 valence electrons. The van der Waals surface area contributed by atoms with Gasteiger partial charge in [0.05, 0.1) is 0 Å². The zero-order chi connectivity index (χ0) is 14.2. The van der Waals surface area contributed by atoms with E-state index in [0.29, 0.717) is 18.5 Å². The largest absolute Gasteiger partial charge is 0.396 e. The van der Waals surface area contributed by atoms with Crippen LogP contribution in [0.1, 0.15) is 21.5 Å². The molecular weight excluding hydrogens is 250 g/mol. The molecule has 0 bridgehead atoms. The molecule has 2 aromatic carbocycles. The van der Waals surface area contributed by atoms with Crippen molar-refractivity contribution in [1.82, 2.24) is 5.32 Å². The average Bonchev–Trinajstić information content (AvgIpc) is 2.49. The molecule has 0 spiro atoms. The molecule has 2 N–H and O–H groups in total. The second-order valence-corrected chi connectivity index (χ2v) is 4.62. The van der Waals surface area contributed by atoms with Gasteiger partial charge in [-0.15, -0.1) is 0 Å². The Balaban J connectivity index is 1.92. The van der Waals surface area contributed by atoms with Crippen LogP contribution in [0.3, 0.4) is 0 Å². The second-order valence-electron chi connectivity index (χ2n) is 4.62. The summed E-state index contributed by atoms with van der Waals surface area (Å²) in [5, 5.41) is 11.9. The monoisotopic (exact) mass is 269 g/mol. The van der Waals surface area contributed by atoms with E-state index in [0.717, 1.165) is 12.0 Å². The molecule has 3 heteroatoms. The van der Waals surface area contributed by atoms with Gasteiger partial charge in [0.25, 0.3) is 5.91 Å². The number of carbonyl (C=O) groups is 1. The molecule has 0 fully saturated rings. The van der Waals surface area contributed by atoms with Crippen LogP contribution in [-0.2, 0) is 12.8 Å². The Hall–Kier alpha value is -2.13. The van der Waals surface area contributed by atoms with Gasteiger partial charge < -0.3 is 10.4 Å². The van der Waals surface area contributed by atoms with Crippen LogP contribution in [0.4, 0.5) is 0 Å². The number of carbonyl (C=O) groups excluding carboxylic acids is 1. The van der Waals surface area contributed by atoms with Gasteiger partial charge in [-0.3, -0.25) is 4.79 Å². The molecule has 0 atom stereocenters. The zero-order valence-corrected chi connectivity index (χ0v) is 11.4. The van der Waals surface area contributed by atoms with Gasteiger partial charge >= 0.3 is 0 Å². The SMILES string of the molecule is O=C(NCCc1ccccc1)c1ccccc1CCO. The van der Waals surface area contributed by atoms with E-state index >= 15 is 0 Å². The fraction of sp³-hybridized carbons (Fsp3) is 0.235. The van der Waals surface area contributed by atoms with Gasteiger partial charge in [-0.05, 0) is 30.0 Å². The minimum atomic E-state index is -0.0787. The highest BCUT2D eigenvalue weighted by Gasteiger charge is 2.09. The van der Waals surface area contributed by atoms with Crippen molar-refractivity contribution in [3.8, 4) is 0 Å². The van der Waals surface area contributed by atoms with Gasteiger partial charge in [-0.25, -0.2) is 0 Å². The van der Waals surface area contributed by atoms with Crippen molar-refractivity contribution in [2.45, 2.75) is 12.8 Å². The topological polar surface area (TPSA) is 49.3 Å². The summed E-state index contributed by atoms with van der Waals surface area (Å²) in [6, 6.07) is 17.5. The maximum Gasteiger partial charge on any atom is 0.251 e. The lowest BCUT2D eigenvalue weighted by Crippen LogP contribution is -2.26. The van der Waals surface area contributed by atoms with Crippen LogP contribution in [0.15, 0.2) is 54.6 Å². The second kappa shape index (κ2) is 7.46. The van der Waals surface area contributed by atoms with Crippen molar-refractivity contribution in [2.75, 3.05) is 13.2 Å². The summed E-state index contributed by atoms with van der Waals surface area (Å²) in [7, 11) is 0. The van der Waals surface area contributed by atoms with Crippen LogP contribution in [0.25, 0.3) is 0 Å². The third-order valence-corrected chi connectivity index (χ3v) is 3.19. The number of hydrogen-bond donors (Lipinski definition) is 2. The molecule has 0 saturated heterocycles. The molecular formula is C17H19NO2. The fourth-order valence-electron chi connectivity index (χ4n) is 2.14. The van der Waals surface area contributed by atoms with E-state index in [1.165, 1.54) is 5.56 Å². The summed E-state index contributed by atoms with van der Waals surface area (Å²) in [4.78, 5) is 12.1. The molecule has 20 heavy (non-hydrogen) atoms. The van der Waals surface area contributed by atoms with Crippen LogP contribution in [0.2, 0.25) is 0 Å². The first-order valence-electron chi connectivity index (χ1n) is 6.82. The average molecular weight is 269 g/mol. The number of rotatable bonds is 6. The number of amides is 1. The molecule has 0 aliphatic rings. The van der Waals surface area contributed by atoms with Crippen LogP contribution >= 0.6 is 0 Å². The van der Waals surface area contributed by atoms with Crippen LogP contribution in [0, 0.1) is 0 Å². The van der Waals surface area contributed by atoms with E-state index in [-0.39, 0.29) is 12.5 Å². The van der Waals surface area contributed by atoms with Crippen molar-refractivity contribution in [3.05, 3.63) is 71.3 Å². The summed E-state index contributed by atoms with van der Waals surface area (Å²) in [6.45, 7) is 0.657. The molecule has 2 aromatic rings. The molecule has 1 amide bonds. The Morgan fingerprint density at radius 2 is 1.65 bits per heavy atom. The third kappa shape index (κ3) is 3.93. The van der Waals surface area contributed by atoms with Crippen molar-refractivity contribution >= 4 is 5.91 Å². The quantitative estimate of drug-likeness (QED) is 0.844. The van der Waals surface area contributed by atoms with Gasteiger partial charge in [0, 0.05) is 18.7 Å². The van der Waals surface area contributed by atoms with Crippen molar-refractivity contribution in [1.29, 1.82) is 0 Å². The van der Waals surface area contributed by atoms with Crippen LogP contribution in [0.5, 0.6) is 0 Å². The predicted octanol–water partition coefficient (Wildman–Crippen LogP) is 2.19. The predicted molar refractivity (Wildman–Crippen MR) is 79.7 cm³/mol. The van der Waals surface area contributed by atoms with Gasteiger partial charge in [0.1, 0.15) is 0 Å². The first-order valence-corrected chi connectivity index (χ1v) is 6.82. The van der Waals surface area contributed by atoms with Gasteiger partial charge in [-0.2, -0.15) is 0 Å². The molecule has 0 radical (unpaired) electrons. The fourth-order valence-corrected chi connectivity index (χ4v) is 2.14. The first kappa shape index (κ1) is 14.3. The third-order valence-electron chi connectivity index (χ3n) is 3.19. The highest BCUT2D eigenvalue weighted by molar-refractivity contribution is 5.95. The number of hydrogen-bond acceptors (Lipinski definition) is 2. The Kier molecular flexibility index (Phi) is 5.33.